The van der Waals surface area contributed by atoms with Crippen LogP contribution in [0.5, 0.6) is 5.88 Å². The molecule has 208 valence electrons. The number of carboxylic acids is 1. The zero-order valence-electron chi connectivity index (χ0n) is 22.4. The molecule has 40 heavy (non-hydrogen) atoms. The molecular weight excluding hydrogens is 535 g/mol. The molecule has 0 saturated carbocycles. The lowest BCUT2D eigenvalue weighted by Gasteiger charge is -2.30. The number of pyridine rings is 1. The third kappa shape index (κ3) is 5.16. The first kappa shape index (κ1) is 26.7. The van der Waals surface area contributed by atoms with Crippen LogP contribution in [0.1, 0.15) is 50.6 Å². The Bertz CT molecular complexity index is 1620. The van der Waals surface area contributed by atoms with Crippen LogP contribution in [0.25, 0.3) is 11.0 Å². The Balaban J connectivity index is 1.24. The highest BCUT2D eigenvalue weighted by molar-refractivity contribution is 6.31. The molecule has 0 aliphatic carbocycles. The average Bonchev–Trinajstić information content (AvgIpc) is 3.23. The van der Waals surface area contributed by atoms with E-state index in [1.165, 1.54) is 11.6 Å². The van der Waals surface area contributed by atoms with Crippen LogP contribution in [0.2, 0.25) is 5.02 Å². The van der Waals surface area contributed by atoms with Crippen LogP contribution >= 0.6 is 11.6 Å². The van der Waals surface area contributed by atoms with Crippen molar-refractivity contribution in [2.24, 2.45) is 0 Å². The van der Waals surface area contributed by atoms with Crippen molar-refractivity contribution in [3.8, 4) is 5.88 Å². The summed E-state index contributed by atoms with van der Waals surface area (Å²) < 4.78 is 28.8. The molecule has 2 aliphatic rings. The molecule has 4 aromatic rings. The van der Waals surface area contributed by atoms with Gasteiger partial charge >= 0.3 is 5.97 Å². The molecule has 0 unspecified atom stereocenters. The maximum Gasteiger partial charge on any atom is 0.338 e. The highest BCUT2D eigenvalue weighted by Gasteiger charge is 2.27. The Morgan fingerprint density at radius 3 is 2.77 bits per heavy atom. The highest BCUT2D eigenvalue weighted by atomic mass is 35.5. The molecule has 1 fully saturated rings. The molecule has 10 heteroatoms. The summed E-state index contributed by atoms with van der Waals surface area (Å²) in [6.07, 6.45) is 1.64. The summed E-state index contributed by atoms with van der Waals surface area (Å²) in [5, 5.41) is 10.1. The average molecular weight is 565 g/mol. The van der Waals surface area contributed by atoms with Crippen LogP contribution < -0.4 is 4.74 Å². The second kappa shape index (κ2) is 10.8. The molecule has 0 bridgehead atoms. The van der Waals surface area contributed by atoms with Gasteiger partial charge in [-0.15, -0.1) is 0 Å². The van der Waals surface area contributed by atoms with Crippen molar-refractivity contribution in [3.05, 3.63) is 86.6 Å². The molecule has 0 radical (unpaired) electrons. The Morgan fingerprint density at radius 2 is 2.05 bits per heavy atom. The largest absolute Gasteiger partial charge is 0.478 e. The number of carboxylic acid groups (broad SMARTS) is 1. The van der Waals surface area contributed by atoms with Gasteiger partial charge in [-0.25, -0.2) is 19.2 Å². The van der Waals surface area contributed by atoms with E-state index in [4.69, 9.17) is 31.0 Å². The number of benzene rings is 2. The maximum atomic E-state index is 15.3. The van der Waals surface area contributed by atoms with Crippen LogP contribution in [-0.4, -0.2) is 49.8 Å². The Labute approximate surface area is 236 Å². The number of halogens is 2. The Hall–Kier alpha value is -3.53. The van der Waals surface area contributed by atoms with E-state index in [1.54, 1.807) is 10.6 Å². The summed E-state index contributed by atoms with van der Waals surface area (Å²) in [5.74, 6) is -0.812. The lowest BCUT2D eigenvalue weighted by Crippen LogP contribution is -2.34. The summed E-state index contributed by atoms with van der Waals surface area (Å²) in [7, 11) is 0. The Kier molecular flexibility index (Phi) is 7.20. The molecule has 2 aromatic heterocycles. The first-order valence-electron chi connectivity index (χ1n) is 13.4. The number of carbonyl (C=O) groups is 1. The van der Waals surface area contributed by atoms with Crippen molar-refractivity contribution in [2.75, 3.05) is 13.2 Å². The molecular formula is C30H30ClFN4O4. The molecule has 1 saturated heterocycles. The van der Waals surface area contributed by atoms with Gasteiger partial charge in [-0.1, -0.05) is 23.7 Å². The van der Waals surface area contributed by atoms with Gasteiger partial charge in [0.2, 0.25) is 5.88 Å². The number of rotatable bonds is 8. The number of nitrogens with zero attached hydrogens (tertiary/aromatic N) is 4. The number of aromatic carboxylic acids is 1. The minimum Gasteiger partial charge on any atom is -0.478 e. The molecule has 8 nitrogen and oxygen atoms in total. The molecule has 2 aliphatic heterocycles. The smallest absolute Gasteiger partial charge is 0.338 e. The van der Waals surface area contributed by atoms with Gasteiger partial charge in [-0.2, -0.15) is 0 Å². The maximum absolute atomic E-state index is 15.3. The molecule has 1 N–H and O–H groups in total. The number of ether oxygens (including phenoxy) is 2. The monoisotopic (exact) mass is 564 g/mol. The van der Waals surface area contributed by atoms with E-state index in [-0.39, 0.29) is 17.2 Å². The van der Waals surface area contributed by atoms with Gasteiger partial charge in [0.1, 0.15) is 17.9 Å². The number of imidazole rings is 1. The van der Waals surface area contributed by atoms with Crippen molar-refractivity contribution in [2.45, 2.75) is 59.0 Å². The fraction of sp³-hybridized carbons (Fsp3) is 0.367. The van der Waals surface area contributed by atoms with Gasteiger partial charge in [0, 0.05) is 35.8 Å². The van der Waals surface area contributed by atoms with Crippen molar-refractivity contribution < 1.29 is 23.8 Å². The molecule has 1 atom stereocenters. The minimum absolute atomic E-state index is 0.0440. The predicted molar refractivity (Wildman–Crippen MR) is 148 cm³/mol. The topological polar surface area (TPSA) is 89.7 Å². The van der Waals surface area contributed by atoms with Crippen LogP contribution in [0, 0.1) is 19.7 Å². The summed E-state index contributed by atoms with van der Waals surface area (Å²) in [6.45, 7) is 7.26. The zero-order chi connectivity index (χ0) is 28.0. The van der Waals surface area contributed by atoms with Gasteiger partial charge in [0.05, 0.1) is 36.0 Å². The van der Waals surface area contributed by atoms with Gasteiger partial charge < -0.3 is 19.1 Å². The molecule has 0 amide bonds. The number of aryl methyl sites for hydroxylation is 2. The number of hydrogen-bond donors (Lipinski definition) is 1. The van der Waals surface area contributed by atoms with E-state index in [1.807, 2.05) is 32.0 Å². The summed E-state index contributed by atoms with van der Waals surface area (Å²) in [5.41, 5.74) is 5.38. The minimum atomic E-state index is -1.30. The lowest BCUT2D eigenvalue weighted by atomic mass is 10.0. The van der Waals surface area contributed by atoms with E-state index in [9.17, 15) is 9.90 Å². The third-order valence-electron chi connectivity index (χ3n) is 7.68. The fourth-order valence-corrected chi connectivity index (χ4v) is 5.64. The van der Waals surface area contributed by atoms with E-state index in [2.05, 4.69) is 11.0 Å². The molecule has 4 heterocycles. The molecule has 2 aromatic carbocycles. The van der Waals surface area contributed by atoms with Gasteiger partial charge in [0.15, 0.2) is 5.82 Å². The molecule has 6 rings (SSSR count). The highest BCUT2D eigenvalue weighted by Crippen LogP contribution is 2.29. The second-order valence-electron chi connectivity index (χ2n) is 10.6. The van der Waals surface area contributed by atoms with Crippen molar-refractivity contribution in [1.82, 2.24) is 19.4 Å². The number of hydrogen-bond acceptors (Lipinski definition) is 6. The standard InChI is InChI=1S/C30H30ClFN4O4/c1-17-3-4-20(23(31)11-17)16-40-29-18(2)12-19-7-9-35(14-25(19)34-29)15-26-33-24-6-5-22(30(37)38)27(32)28(24)36(26)13-21-8-10-39-21/h3-6,11-12,21H,7-10,13-16H2,1-2H3,(H,37,38)/t21-/m0/s1. The summed E-state index contributed by atoms with van der Waals surface area (Å²) >= 11 is 6.39. The van der Waals surface area contributed by atoms with E-state index in [0.29, 0.717) is 55.1 Å². The first-order chi connectivity index (χ1) is 19.3. The SMILES string of the molecule is Cc1ccc(COc2nc3c(cc2C)CCN(Cc2nc4ccc(C(=O)O)c(F)c4n2C[C@@H]2CCO2)C3)c(Cl)c1. The van der Waals surface area contributed by atoms with Gasteiger partial charge in [0.25, 0.3) is 0 Å². The van der Waals surface area contributed by atoms with Crippen molar-refractivity contribution in [1.29, 1.82) is 0 Å². The summed E-state index contributed by atoms with van der Waals surface area (Å²) in [6, 6.07) is 10.9. The Morgan fingerprint density at radius 1 is 1.23 bits per heavy atom. The van der Waals surface area contributed by atoms with Crippen molar-refractivity contribution in [3.63, 3.8) is 0 Å². The summed E-state index contributed by atoms with van der Waals surface area (Å²) in [4.78, 5) is 23.4. The van der Waals surface area contributed by atoms with Gasteiger partial charge in [-0.05, 0) is 62.1 Å². The van der Waals surface area contributed by atoms with Crippen LogP contribution in [-0.2, 0) is 37.4 Å². The number of fused-ring (bicyclic) bond motifs is 2. The third-order valence-corrected chi connectivity index (χ3v) is 8.03. The second-order valence-corrected chi connectivity index (χ2v) is 11.0. The number of aromatic nitrogens is 3. The fourth-order valence-electron chi connectivity index (χ4n) is 5.35. The van der Waals surface area contributed by atoms with E-state index >= 15 is 4.39 Å². The van der Waals surface area contributed by atoms with Crippen molar-refractivity contribution >= 4 is 28.6 Å². The first-order valence-corrected chi connectivity index (χ1v) is 13.8. The van der Waals surface area contributed by atoms with Crippen LogP contribution in [0.3, 0.4) is 0 Å². The lowest BCUT2D eigenvalue weighted by molar-refractivity contribution is -0.0592. The van der Waals surface area contributed by atoms with E-state index < -0.39 is 11.8 Å². The van der Waals surface area contributed by atoms with Crippen LogP contribution in [0.15, 0.2) is 36.4 Å². The normalized spacial score (nSPS) is 17.1. The quantitative estimate of drug-likeness (QED) is 0.304. The van der Waals surface area contributed by atoms with E-state index in [0.717, 1.165) is 41.8 Å². The molecule has 0 spiro atoms. The van der Waals surface area contributed by atoms with Crippen LogP contribution in [0.4, 0.5) is 4.39 Å². The zero-order valence-corrected chi connectivity index (χ0v) is 23.2. The van der Waals surface area contributed by atoms with Gasteiger partial charge in [-0.3, -0.25) is 4.90 Å². The predicted octanol–water partition coefficient (Wildman–Crippen LogP) is 5.47.